The minimum absolute atomic E-state index is 0.0932. The van der Waals surface area contributed by atoms with Crippen LogP contribution in [0.15, 0.2) is 0 Å². The molecule has 2 N–H and O–H groups in total. The van der Waals surface area contributed by atoms with Crippen LogP contribution in [0.3, 0.4) is 0 Å². The zero-order valence-corrected chi connectivity index (χ0v) is 14.0. The van der Waals surface area contributed by atoms with Crippen molar-refractivity contribution in [3.8, 4) is 0 Å². The first-order valence-corrected chi connectivity index (χ1v) is 7.87. The average molecular weight is 300 g/mol. The molecular weight excluding hydrogens is 272 g/mol. The van der Waals surface area contributed by atoms with Crippen molar-refractivity contribution in [3.05, 3.63) is 0 Å². The largest absolute Gasteiger partial charge is 0.392 e. The van der Waals surface area contributed by atoms with E-state index in [1.807, 2.05) is 4.90 Å². The topological polar surface area (TPSA) is 55.6 Å². The Labute approximate surface area is 128 Å². The van der Waals surface area contributed by atoms with Crippen molar-refractivity contribution in [1.82, 2.24) is 4.90 Å². The molecule has 0 radical (unpaired) electrons. The van der Waals surface area contributed by atoms with Gasteiger partial charge in [0, 0.05) is 26.3 Å². The van der Waals surface area contributed by atoms with E-state index in [0.717, 1.165) is 13.1 Å². The predicted octanol–water partition coefficient (Wildman–Crippen LogP) is 2.21. The molecule has 0 spiro atoms. The van der Waals surface area contributed by atoms with Crippen LogP contribution >= 0.6 is 12.2 Å². The standard InChI is InChI=1S/C15H28N2O2S/c1-11(2)9-17(10-12(3)4)14(18)15(13(16)20)5-7-19-8-6-15/h11-12H,5-10H2,1-4H3,(H2,16,20). The monoisotopic (exact) mass is 300 g/mol. The van der Waals surface area contributed by atoms with E-state index < -0.39 is 5.41 Å². The van der Waals surface area contributed by atoms with Gasteiger partial charge in [-0.25, -0.2) is 0 Å². The lowest BCUT2D eigenvalue weighted by Gasteiger charge is -2.40. The van der Waals surface area contributed by atoms with E-state index in [2.05, 4.69) is 27.7 Å². The summed E-state index contributed by atoms with van der Waals surface area (Å²) in [5.41, 5.74) is 5.23. The van der Waals surface area contributed by atoms with E-state index >= 15 is 0 Å². The molecule has 0 saturated carbocycles. The molecule has 0 unspecified atom stereocenters. The summed E-state index contributed by atoms with van der Waals surface area (Å²) in [5.74, 6) is 0.956. The highest BCUT2D eigenvalue weighted by atomic mass is 32.1. The molecule has 116 valence electrons. The van der Waals surface area contributed by atoms with E-state index in [-0.39, 0.29) is 5.91 Å². The molecule has 20 heavy (non-hydrogen) atoms. The lowest BCUT2D eigenvalue weighted by Crippen LogP contribution is -2.54. The Bertz CT molecular complexity index is 340. The lowest BCUT2D eigenvalue weighted by atomic mass is 9.78. The molecule has 1 fully saturated rings. The van der Waals surface area contributed by atoms with E-state index in [1.54, 1.807) is 0 Å². The van der Waals surface area contributed by atoms with E-state index in [1.165, 1.54) is 0 Å². The number of hydrogen-bond acceptors (Lipinski definition) is 3. The second-order valence-corrected chi connectivity index (χ2v) is 7.00. The fourth-order valence-corrected chi connectivity index (χ4v) is 3.00. The van der Waals surface area contributed by atoms with Crippen LogP contribution in [0.1, 0.15) is 40.5 Å². The van der Waals surface area contributed by atoms with Crippen molar-refractivity contribution in [3.63, 3.8) is 0 Å². The molecular formula is C15H28N2O2S. The van der Waals surface area contributed by atoms with Crippen molar-refractivity contribution in [2.24, 2.45) is 23.0 Å². The molecule has 0 bridgehead atoms. The second kappa shape index (κ2) is 7.36. The number of thiocarbonyl (C=S) groups is 1. The third-order valence-electron chi connectivity index (χ3n) is 3.69. The van der Waals surface area contributed by atoms with Crippen LogP contribution in [0, 0.1) is 17.3 Å². The predicted molar refractivity (Wildman–Crippen MR) is 85.5 cm³/mol. The Balaban J connectivity index is 2.96. The first-order chi connectivity index (χ1) is 9.29. The Kier molecular flexibility index (Phi) is 6.40. The number of carbonyl (C=O) groups is 1. The summed E-state index contributed by atoms with van der Waals surface area (Å²) >= 11 is 5.23. The van der Waals surface area contributed by atoms with Crippen LogP contribution in [-0.4, -0.2) is 42.1 Å². The van der Waals surface area contributed by atoms with Gasteiger partial charge in [0.1, 0.15) is 5.41 Å². The second-order valence-electron chi connectivity index (χ2n) is 6.56. The maximum atomic E-state index is 13.0. The van der Waals surface area contributed by atoms with Gasteiger partial charge in [-0.2, -0.15) is 0 Å². The number of nitrogens with two attached hydrogens (primary N) is 1. The Morgan fingerprint density at radius 2 is 1.65 bits per heavy atom. The van der Waals surface area contributed by atoms with Gasteiger partial charge in [-0.3, -0.25) is 4.79 Å². The highest BCUT2D eigenvalue weighted by Gasteiger charge is 2.45. The summed E-state index contributed by atoms with van der Waals surface area (Å²) < 4.78 is 5.38. The number of nitrogens with zero attached hydrogens (tertiary/aromatic N) is 1. The average Bonchev–Trinajstić information content (AvgIpc) is 2.36. The minimum Gasteiger partial charge on any atom is -0.392 e. The van der Waals surface area contributed by atoms with Crippen LogP contribution in [0.5, 0.6) is 0 Å². The number of carbonyl (C=O) groups excluding carboxylic acids is 1. The summed E-state index contributed by atoms with van der Waals surface area (Å²) in [6.07, 6.45) is 1.21. The van der Waals surface area contributed by atoms with Gasteiger partial charge in [0.2, 0.25) is 5.91 Å². The van der Waals surface area contributed by atoms with Crippen molar-refractivity contribution in [1.29, 1.82) is 0 Å². The fraction of sp³-hybridized carbons (Fsp3) is 0.867. The van der Waals surface area contributed by atoms with Gasteiger partial charge in [0.05, 0.1) is 4.99 Å². The minimum atomic E-state index is -0.697. The molecule has 4 nitrogen and oxygen atoms in total. The third kappa shape index (κ3) is 4.16. The van der Waals surface area contributed by atoms with Crippen LogP contribution in [-0.2, 0) is 9.53 Å². The molecule has 0 aromatic heterocycles. The molecule has 1 saturated heterocycles. The maximum Gasteiger partial charge on any atom is 0.235 e. The van der Waals surface area contributed by atoms with Gasteiger partial charge in [0.25, 0.3) is 0 Å². The molecule has 0 aromatic carbocycles. The molecule has 0 aliphatic carbocycles. The van der Waals surface area contributed by atoms with Crippen molar-refractivity contribution in [2.75, 3.05) is 26.3 Å². The first-order valence-electron chi connectivity index (χ1n) is 7.46. The SMILES string of the molecule is CC(C)CN(CC(C)C)C(=O)C1(C(N)=S)CCOCC1. The molecule has 0 aromatic rings. The molecule has 0 atom stereocenters. The zero-order valence-electron chi connectivity index (χ0n) is 13.1. The number of hydrogen-bond donors (Lipinski definition) is 1. The Hall–Kier alpha value is -0.680. The molecule has 1 amide bonds. The zero-order chi connectivity index (χ0) is 15.3. The van der Waals surface area contributed by atoms with E-state index in [0.29, 0.717) is 42.9 Å². The summed E-state index contributed by atoms with van der Waals surface area (Å²) in [6, 6.07) is 0. The van der Waals surface area contributed by atoms with Crippen molar-refractivity contribution < 1.29 is 9.53 Å². The smallest absolute Gasteiger partial charge is 0.235 e. The van der Waals surface area contributed by atoms with Gasteiger partial charge in [-0.05, 0) is 24.7 Å². The summed E-state index contributed by atoms with van der Waals surface area (Å²) in [5, 5.41) is 0. The van der Waals surface area contributed by atoms with Crippen LogP contribution in [0.25, 0.3) is 0 Å². The summed E-state index contributed by atoms with van der Waals surface area (Å²) in [4.78, 5) is 15.3. The normalized spacial score (nSPS) is 18.3. The quantitative estimate of drug-likeness (QED) is 0.764. The molecule has 1 heterocycles. The van der Waals surface area contributed by atoms with Gasteiger partial charge < -0.3 is 15.4 Å². The summed E-state index contributed by atoms with van der Waals surface area (Å²) in [7, 11) is 0. The van der Waals surface area contributed by atoms with Crippen molar-refractivity contribution in [2.45, 2.75) is 40.5 Å². The highest BCUT2D eigenvalue weighted by Crippen LogP contribution is 2.33. The van der Waals surface area contributed by atoms with Gasteiger partial charge in [-0.15, -0.1) is 0 Å². The first kappa shape index (κ1) is 17.4. The van der Waals surface area contributed by atoms with Gasteiger partial charge in [-0.1, -0.05) is 39.9 Å². The highest BCUT2D eigenvalue weighted by molar-refractivity contribution is 7.80. The molecule has 5 heteroatoms. The van der Waals surface area contributed by atoms with E-state index in [9.17, 15) is 4.79 Å². The van der Waals surface area contributed by atoms with Gasteiger partial charge in [0.15, 0.2) is 0 Å². The Morgan fingerprint density at radius 1 is 1.20 bits per heavy atom. The Morgan fingerprint density at radius 3 is 2.00 bits per heavy atom. The third-order valence-corrected chi connectivity index (χ3v) is 4.08. The summed E-state index contributed by atoms with van der Waals surface area (Å²) in [6.45, 7) is 11.1. The number of amides is 1. The van der Waals surface area contributed by atoms with Gasteiger partial charge >= 0.3 is 0 Å². The number of rotatable bonds is 6. The molecule has 1 rings (SSSR count). The molecule has 1 aliphatic heterocycles. The van der Waals surface area contributed by atoms with Crippen molar-refractivity contribution >= 4 is 23.1 Å². The number of ether oxygens (including phenoxy) is 1. The maximum absolute atomic E-state index is 13.0. The lowest BCUT2D eigenvalue weighted by molar-refractivity contribution is -0.143. The molecule has 1 aliphatic rings. The fourth-order valence-electron chi connectivity index (χ4n) is 2.71. The van der Waals surface area contributed by atoms with Crippen LogP contribution < -0.4 is 5.73 Å². The van der Waals surface area contributed by atoms with E-state index in [4.69, 9.17) is 22.7 Å². The van der Waals surface area contributed by atoms with Crippen LogP contribution in [0.2, 0.25) is 0 Å². The van der Waals surface area contributed by atoms with Crippen LogP contribution in [0.4, 0.5) is 0 Å².